The Morgan fingerprint density at radius 3 is 2.59 bits per heavy atom. The summed E-state index contributed by atoms with van der Waals surface area (Å²) in [5.41, 5.74) is 0.509. The van der Waals surface area contributed by atoms with E-state index in [4.69, 9.17) is 0 Å². The maximum atomic E-state index is 13.1. The third-order valence-electron chi connectivity index (χ3n) is 4.04. The number of hydrogen-bond donors (Lipinski definition) is 2. The van der Waals surface area contributed by atoms with Crippen LogP contribution in [0.1, 0.15) is 36.0 Å². The van der Waals surface area contributed by atoms with Crippen molar-refractivity contribution >= 4 is 27.5 Å². The second kappa shape index (κ2) is 8.26. The second-order valence-corrected chi connectivity index (χ2v) is 7.77. The number of anilines is 1. The average Bonchev–Trinajstić information content (AvgIpc) is 2.90. The first-order chi connectivity index (χ1) is 12.9. The van der Waals surface area contributed by atoms with Crippen molar-refractivity contribution in [1.82, 2.24) is 9.71 Å². The molecule has 1 aliphatic rings. The van der Waals surface area contributed by atoms with Crippen LogP contribution in [0.3, 0.4) is 0 Å². The molecule has 0 saturated carbocycles. The van der Waals surface area contributed by atoms with Crippen LogP contribution >= 0.6 is 0 Å². The molecule has 0 unspecified atom stereocenters. The van der Waals surface area contributed by atoms with E-state index in [2.05, 4.69) is 20.0 Å². The Balaban J connectivity index is 1.69. The van der Waals surface area contributed by atoms with Gasteiger partial charge in [-0.25, -0.2) is 13.4 Å². The van der Waals surface area contributed by atoms with Crippen LogP contribution in [0.5, 0.6) is 0 Å². The summed E-state index contributed by atoms with van der Waals surface area (Å²) in [6, 6.07) is 8.13. The van der Waals surface area contributed by atoms with Crippen LogP contribution in [0, 0.1) is 5.95 Å². The summed E-state index contributed by atoms with van der Waals surface area (Å²) in [5, 5.41) is 2.58. The predicted molar refractivity (Wildman–Crippen MR) is 99.7 cm³/mol. The standard InChI is InChI=1S/C18H19FN4O3S/c19-16-12-13(9-11-20-16)18(24)22-14-5-7-15(8-6-14)27(25,26)23-17-4-2-1-3-10-21-17/h5-9,11-12H,1-4,10H2,(H,21,23)(H,22,24). The zero-order valence-electron chi connectivity index (χ0n) is 14.5. The highest BCUT2D eigenvalue weighted by Crippen LogP contribution is 2.16. The van der Waals surface area contributed by atoms with Gasteiger partial charge in [-0.15, -0.1) is 0 Å². The molecule has 2 heterocycles. The number of carbonyl (C=O) groups excluding carboxylic acids is 1. The molecule has 9 heteroatoms. The fourth-order valence-electron chi connectivity index (χ4n) is 2.64. The molecule has 3 rings (SSSR count). The number of hydrogen-bond acceptors (Lipinski definition) is 5. The van der Waals surface area contributed by atoms with Gasteiger partial charge in [-0.05, 0) is 43.2 Å². The Hall–Kier alpha value is -2.81. The summed E-state index contributed by atoms with van der Waals surface area (Å²) in [6.07, 6.45) is 4.70. The van der Waals surface area contributed by atoms with Crippen molar-refractivity contribution < 1.29 is 17.6 Å². The number of benzene rings is 1. The first kappa shape index (κ1) is 19.0. The normalized spacial score (nSPS) is 14.8. The van der Waals surface area contributed by atoms with E-state index in [1.807, 2.05) is 0 Å². The van der Waals surface area contributed by atoms with Crippen molar-refractivity contribution in [2.75, 3.05) is 11.9 Å². The zero-order valence-corrected chi connectivity index (χ0v) is 15.3. The lowest BCUT2D eigenvalue weighted by Crippen LogP contribution is -2.30. The Morgan fingerprint density at radius 2 is 1.85 bits per heavy atom. The van der Waals surface area contributed by atoms with Gasteiger partial charge < -0.3 is 5.32 Å². The molecule has 0 atom stereocenters. The number of nitrogens with one attached hydrogen (secondary N) is 2. The number of rotatable bonds is 4. The lowest BCUT2D eigenvalue weighted by Gasteiger charge is -2.10. The maximum Gasteiger partial charge on any atom is 0.262 e. The number of aliphatic imine (C=N–C) groups is 1. The molecule has 0 spiro atoms. The van der Waals surface area contributed by atoms with Crippen LogP contribution in [0.2, 0.25) is 0 Å². The molecule has 1 aromatic heterocycles. The molecule has 1 aromatic carbocycles. The summed E-state index contributed by atoms with van der Waals surface area (Å²) in [6.45, 7) is 0.623. The fourth-order valence-corrected chi connectivity index (χ4v) is 3.72. The van der Waals surface area contributed by atoms with E-state index in [1.54, 1.807) is 0 Å². The molecule has 1 aliphatic heterocycles. The molecule has 7 nitrogen and oxygen atoms in total. The van der Waals surface area contributed by atoms with Gasteiger partial charge in [0.05, 0.1) is 4.90 Å². The van der Waals surface area contributed by atoms with Crippen molar-refractivity contribution in [3.63, 3.8) is 0 Å². The SMILES string of the molecule is O=C(Nc1ccc(S(=O)(=O)NC2=NCCCCC2)cc1)c1ccnc(F)c1. The smallest absolute Gasteiger partial charge is 0.262 e. The Kier molecular flexibility index (Phi) is 5.80. The van der Waals surface area contributed by atoms with Crippen molar-refractivity contribution in [3.8, 4) is 0 Å². The summed E-state index contributed by atoms with van der Waals surface area (Å²) >= 11 is 0. The molecule has 1 amide bonds. The minimum Gasteiger partial charge on any atom is -0.322 e. The molecule has 27 heavy (non-hydrogen) atoms. The molecular formula is C18H19FN4O3S. The number of aromatic nitrogens is 1. The van der Waals surface area contributed by atoms with Crippen LogP contribution in [0.4, 0.5) is 10.1 Å². The predicted octanol–water partition coefficient (Wildman–Crippen LogP) is 2.72. The van der Waals surface area contributed by atoms with Crippen LogP contribution in [-0.4, -0.2) is 31.7 Å². The molecule has 0 radical (unpaired) electrons. The van der Waals surface area contributed by atoms with Gasteiger partial charge in [-0.2, -0.15) is 4.39 Å². The van der Waals surface area contributed by atoms with Gasteiger partial charge in [0.1, 0.15) is 5.84 Å². The molecular weight excluding hydrogens is 371 g/mol. The van der Waals surface area contributed by atoms with Crippen molar-refractivity contribution in [2.24, 2.45) is 4.99 Å². The van der Waals surface area contributed by atoms with Crippen LogP contribution in [0.25, 0.3) is 0 Å². The number of pyridine rings is 1. The zero-order chi connectivity index (χ0) is 19.3. The summed E-state index contributed by atoms with van der Waals surface area (Å²) in [5.74, 6) is -0.793. The van der Waals surface area contributed by atoms with Crippen LogP contribution < -0.4 is 10.0 Å². The number of carbonyl (C=O) groups is 1. The highest BCUT2D eigenvalue weighted by molar-refractivity contribution is 7.90. The van der Waals surface area contributed by atoms with E-state index >= 15 is 0 Å². The van der Waals surface area contributed by atoms with Gasteiger partial charge in [0.25, 0.3) is 15.9 Å². The first-order valence-electron chi connectivity index (χ1n) is 8.53. The first-order valence-corrected chi connectivity index (χ1v) is 10.0. The second-order valence-electron chi connectivity index (χ2n) is 6.09. The molecule has 2 aromatic rings. The third kappa shape index (κ3) is 5.10. The topological polar surface area (TPSA) is 101 Å². The number of halogens is 1. The number of nitrogens with zero attached hydrogens (tertiary/aromatic N) is 2. The minimum atomic E-state index is -3.73. The molecule has 2 N–H and O–H groups in total. The molecule has 0 bridgehead atoms. The maximum absolute atomic E-state index is 13.1. The lowest BCUT2D eigenvalue weighted by molar-refractivity contribution is 0.102. The van der Waals surface area contributed by atoms with E-state index in [1.165, 1.54) is 36.5 Å². The summed E-state index contributed by atoms with van der Waals surface area (Å²) in [4.78, 5) is 19.8. The fraction of sp³-hybridized carbons (Fsp3) is 0.278. The lowest BCUT2D eigenvalue weighted by atomic mass is 10.2. The van der Waals surface area contributed by atoms with E-state index in [0.717, 1.165) is 25.3 Å². The van der Waals surface area contributed by atoms with Gasteiger partial charge in [0.2, 0.25) is 5.95 Å². The monoisotopic (exact) mass is 390 g/mol. The Labute approximate surface area is 156 Å². The average molecular weight is 390 g/mol. The third-order valence-corrected chi connectivity index (χ3v) is 5.43. The van der Waals surface area contributed by atoms with Gasteiger partial charge in [0, 0.05) is 36.5 Å². The van der Waals surface area contributed by atoms with Crippen molar-refractivity contribution in [2.45, 2.75) is 30.6 Å². The highest BCUT2D eigenvalue weighted by atomic mass is 32.2. The summed E-state index contributed by atoms with van der Waals surface area (Å²) < 4.78 is 40.6. The van der Waals surface area contributed by atoms with E-state index in [9.17, 15) is 17.6 Å². The Morgan fingerprint density at radius 1 is 1.07 bits per heavy atom. The molecule has 0 fully saturated rings. The largest absolute Gasteiger partial charge is 0.322 e. The van der Waals surface area contributed by atoms with Crippen LogP contribution in [0.15, 0.2) is 52.5 Å². The van der Waals surface area contributed by atoms with Gasteiger partial charge in [-0.3, -0.25) is 14.5 Å². The van der Waals surface area contributed by atoms with Gasteiger partial charge in [-0.1, -0.05) is 6.42 Å². The minimum absolute atomic E-state index is 0.0717. The molecule has 0 saturated heterocycles. The van der Waals surface area contributed by atoms with Gasteiger partial charge in [0.15, 0.2) is 0 Å². The molecule has 142 valence electrons. The van der Waals surface area contributed by atoms with E-state index < -0.39 is 21.9 Å². The quantitative estimate of drug-likeness (QED) is 0.784. The number of sulfonamides is 1. The highest BCUT2D eigenvalue weighted by Gasteiger charge is 2.17. The van der Waals surface area contributed by atoms with E-state index in [-0.39, 0.29) is 10.5 Å². The molecule has 0 aliphatic carbocycles. The summed E-state index contributed by atoms with van der Waals surface area (Å²) in [7, 11) is -3.73. The Bertz CT molecular complexity index is 959. The number of amidine groups is 1. The van der Waals surface area contributed by atoms with Crippen molar-refractivity contribution in [3.05, 3.63) is 54.1 Å². The van der Waals surface area contributed by atoms with Crippen molar-refractivity contribution in [1.29, 1.82) is 0 Å². The van der Waals surface area contributed by atoms with Crippen LogP contribution in [-0.2, 0) is 10.0 Å². The van der Waals surface area contributed by atoms with Gasteiger partial charge >= 0.3 is 0 Å². The number of amides is 1. The van der Waals surface area contributed by atoms with E-state index in [0.29, 0.717) is 24.5 Å².